The number of hydrogen-bond acceptors (Lipinski definition) is 2. The van der Waals surface area contributed by atoms with Crippen LogP contribution in [0.4, 0.5) is 0 Å². The highest BCUT2D eigenvalue weighted by atomic mass is 32.1. The largest absolute Gasteiger partial charge is 0.294 e. The number of fused-ring (bicyclic) bond motifs is 1. The predicted octanol–water partition coefficient (Wildman–Crippen LogP) is 3.37. The number of allylic oxidation sites excluding steroid dienone is 2. The number of carbonyl (C=O) groups excluding carboxylic acids is 1. The topological polar surface area (TPSA) is 17.1 Å². The molecule has 0 atom stereocenters. The molecule has 0 unspecified atom stereocenters. The Morgan fingerprint density at radius 3 is 2.92 bits per heavy atom. The zero-order valence-electron chi connectivity index (χ0n) is 7.83. The van der Waals surface area contributed by atoms with Gasteiger partial charge in [-0.15, -0.1) is 11.3 Å². The zero-order chi connectivity index (χ0) is 9.42. The predicted molar refractivity (Wildman–Crippen MR) is 56.1 cm³/mol. The number of thiophene rings is 1. The monoisotopic (exact) mass is 192 g/mol. The molecule has 0 spiro atoms. The van der Waals surface area contributed by atoms with Crippen LogP contribution in [0.1, 0.15) is 35.5 Å². The summed E-state index contributed by atoms with van der Waals surface area (Å²) in [6.45, 7) is 4.34. The Bertz CT molecular complexity index is 371. The van der Waals surface area contributed by atoms with Gasteiger partial charge in [0.1, 0.15) is 0 Å². The maximum atomic E-state index is 11.5. The first-order valence-electron chi connectivity index (χ1n) is 4.51. The minimum absolute atomic E-state index is 0.264. The lowest BCUT2D eigenvalue weighted by Crippen LogP contribution is -2.07. The van der Waals surface area contributed by atoms with Crippen molar-refractivity contribution in [2.24, 2.45) is 5.92 Å². The summed E-state index contributed by atoms with van der Waals surface area (Å²) in [7, 11) is 0. The van der Waals surface area contributed by atoms with Gasteiger partial charge in [-0.2, -0.15) is 0 Å². The van der Waals surface area contributed by atoms with E-state index in [0.717, 1.165) is 5.56 Å². The first-order chi connectivity index (χ1) is 6.20. The second-order valence-electron chi connectivity index (χ2n) is 3.60. The van der Waals surface area contributed by atoms with Gasteiger partial charge in [0.2, 0.25) is 0 Å². The van der Waals surface area contributed by atoms with Gasteiger partial charge in [0.05, 0.1) is 0 Å². The van der Waals surface area contributed by atoms with Crippen LogP contribution in [0.15, 0.2) is 17.5 Å². The van der Waals surface area contributed by atoms with E-state index in [-0.39, 0.29) is 5.78 Å². The third-order valence-electron chi connectivity index (χ3n) is 2.36. The normalized spacial score (nSPS) is 15.9. The van der Waals surface area contributed by atoms with Crippen molar-refractivity contribution in [2.75, 3.05) is 0 Å². The van der Waals surface area contributed by atoms with E-state index in [1.807, 2.05) is 11.4 Å². The third kappa shape index (κ3) is 1.35. The molecule has 1 heterocycles. The molecule has 1 nitrogen and oxygen atoms in total. The Labute approximate surface area is 82.1 Å². The van der Waals surface area contributed by atoms with Crippen molar-refractivity contribution in [2.45, 2.75) is 20.3 Å². The third-order valence-corrected chi connectivity index (χ3v) is 3.32. The Kier molecular flexibility index (Phi) is 2.08. The molecule has 0 N–H and O–H groups in total. The number of hydrogen-bond donors (Lipinski definition) is 0. The Balaban J connectivity index is 2.52. The molecule has 0 aromatic carbocycles. The minimum Gasteiger partial charge on any atom is -0.294 e. The second-order valence-corrected chi connectivity index (χ2v) is 4.52. The van der Waals surface area contributed by atoms with E-state index in [2.05, 4.69) is 19.9 Å². The van der Waals surface area contributed by atoms with Crippen molar-refractivity contribution < 1.29 is 4.79 Å². The van der Waals surface area contributed by atoms with Gasteiger partial charge < -0.3 is 0 Å². The van der Waals surface area contributed by atoms with E-state index in [9.17, 15) is 4.79 Å². The molecule has 0 amide bonds. The first-order valence-corrected chi connectivity index (χ1v) is 5.39. The van der Waals surface area contributed by atoms with Gasteiger partial charge in [-0.1, -0.05) is 19.9 Å². The minimum atomic E-state index is 0.264. The second kappa shape index (κ2) is 3.11. The van der Waals surface area contributed by atoms with Crippen molar-refractivity contribution in [3.05, 3.63) is 28.0 Å². The molecule has 1 aliphatic rings. The average Bonchev–Trinajstić information content (AvgIpc) is 2.53. The van der Waals surface area contributed by atoms with Crippen molar-refractivity contribution in [1.82, 2.24) is 0 Å². The molecular formula is C11H12OS. The van der Waals surface area contributed by atoms with Gasteiger partial charge in [0, 0.05) is 16.9 Å². The molecule has 0 aliphatic heterocycles. The standard InChI is InChI=1S/C11H12OS/c1-7(2)8-3-4-10(12)9-5-6-13-11(8)9/h3,5-7H,4H2,1-2H3. The smallest absolute Gasteiger partial charge is 0.168 e. The summed E-state index contributed by atoms with van der Waals surface area (Å²) in [4.78, 5) is 12.7. The molecule has 0 fully saturated rings. The summed E-state index contributed by atoms with van der Waals surface area (Å²) in [6, 6.07) is 1.94. The maximum Gasteiger partial charge on any atom is 0.168 e. The van der Waals surface area contributed by atoms with Crippen LogP contribution in [0.3, 0.4) is 0 Å². The molecule has 1 aromatic rings. The van der Waals surface area contributed by atoms with E-state index in [1.165, 1.54) is 10.5 Å². The maximum absolute atomic E-state index is 11.5. The van der Waals surface area contributed by atoms with E-state index < -0.39 is 0 Å². The lowest BCUT2D eigenvalue weighted by Gasteiger charge is -2.15. The summed E-state index contributed by atoms with van der Waals surface area (Å²) < 4.78 is 0. The molecule has 1 aromatic heterocycles. The Morgan fingerprint density at radius 2 is 2.23 bits per heavy atom. The molecule has 0 saturated carbocycles. The number of carbonyl (C=O) groups is 1. The molecule has 2 heteroatoms. The van der Waals surface area contributed by atoms with Crippen molar-refractivity contribution in [1.29, 1.82) is 0 Å². The molecule has 68 valence electrons. The van der Waals surface area contributed by atoms with Crippen molar-refractivity contribution >= 4 is 22.7 Å². The summed E-state index contributed by atoms with van der Waals surface area (Å²) in [6.07, 6.45) is 2.66. The molecular weight excluding hydrogens is 180 g/mol. The SMILES string of the molecule is CC(C)C1=CCC(=O)c2ccsc21. The molecule has 0 radical (unpaired) electrons. The Hall–Kier alpha value is -0.890. The van der Waals surface area contributed by atoms with Crippen LogP contribution in [0.5, 0.6) is 0 Å². The van der Waals surface area contributed by atoms with Crippen LogP contribution in [-0.2, 0) is 0 Å². The quantitative estimate of drug-likeness (QED) is 0.666. The van der Waals surface area contributed by atoms with Crippen LogP contribution >= 0.6 is 11.3 Å². The fourth-order valence-electron chi connectivity index (χ4n) is 1.66. The molecule has 1 aliphatic carbocycles. The van der Waals surface area contributed by atoms with E-state index >= 15 is 0 Å². The van der Waals surface area contributed by atoms with Crippen LogP contribution in [0.2, 0.25) is 0 Å². The van der Waals surface area contributed by atoms with Gasteiger partial charge in [0.25, 0.3) is 0 Å². The number of ketones is 1. The number of Topliss-reactive ketones (excluding diaryl/α,β-unsaturated/α-hetero) is 1. The zero-order valence-corrected chi connectivity index (χ0v) is 8.65. The van der Waals surface area contributed by atoms with E-state index in [0.29, 0.717) is 12.3 Å². The highest BCUT2D eigenvalue weighted by Crippen LogP contribution is 2.35. The summed E-state index contributed by atoms with van der Waals surface area (Å²) in [5, 5.41) is 2.00. The lowest BCUT2D eigenvalue weighted by atomic mass is 9.91. The highest BCUT2D eigenvalue weighted by Gasteiger charge is 2.21. The van der Waals surface area contributed by atoms with Crippen molar-refractivity contribution in [3.63, 3.8) is 0 Å². The molecule has 13 heavy (non-hydrogen) atoms. The van der Waals surface area contributed by atoms with Crippen molar-refractivity contribution in [3.8, 4) is 0 Å². The fraction of sp³-hybridized carbons (Fsp3) is 0.364. The Morgan fingerprint density at radius 1 is 1.46 bits per heavy atom. The van der Waals surface area contributed by atoms with Gasteiger partial charge in [-0.3, -0.25) is 4.79 Å². The van der Waals surface area contributed by atoms with Gasteiger partial charge in [0.15, 0.2) is 5.78 Å². The fourth-order valence-corrected chi connectivity index (χ4v) is 2.76. The number of rotatable bonds is 1. The lowest BCUT2D eigenvalue weighted by molar-refractivity contribution is 0.0994. The van der Waals surface area contributed by atoms with Crippen LogP contribution in [0, 0.1) is 5.92 Å². The van der Waals surface area contributed by atoms with Crippen LogP contribution in [0.25, 0.3) is 5.57 Å². The van der Waals surface area contributed by atoms with Gasteiger partial charge in [-0.05, 0) is 22.9 Å². The van der Waals surface area contributed by atoms with Crippen LogP contribution < -0.4 is 0 Å². The van der Waals surface area contributed by atoms with E-state index in [1.54, 1.807) is 11.3 Å². The summed E-state index contributed by atoms with van der Waals surface area (Å²) >= 11 is 1.68. The summed E-state index contributed by atoms with van der Waals surface area (Å²) in [5.74, 6) is 0.783. The average molecular weight is 192 g/mol. The van der Waals surface area contributed by atoms with E-state index in [4.69, 9.17) is 0 Å². The van der Waals surface area contributed by atoms with Gasteiger partial charge in [-0.25, -0.2) is 0 Å². The molecule has 0 bridgehead atoms. The van der Waals surface area contributed by atoms with Gasteiger partial charge >= 0.3 is 0 Å². The van der Waals surface area contributed by atoms with Crippen LogP contribution in [-0.4, -0.2) is 5.78 Å². The summed E-state index contributed by atoms with van der Waals surface area (Å²) in [5.41, 5.74) is 2.26. The molecule has 0 saturated heterocycles. The highest BCUT2D eigenvalue weighted by molar-refractivity contribution is 7.11. The molecule has 2 rings (SSSR count). The first kappa shape index (κ1) is 8.70.